The number of fused-ring (bicyclic) bond motifs is 1. The summed E-state index contributed by atoms with van der Waals surface area (Å²) in [6.45, 7) is 4.27. The summed E-state index contributed by atoms with van der Waals surface area (Å²) in [6.07, 6.45) is -3.81. The van der Waals surface area contributed by atoms with Crippen LogP contribution in [0.4, 0.5) is 13.2 Å². The molecule has 2 aromatic carbocycles. The normalized spacial score (nSPS) is 18.7. The van der Waals surface area contributed by atoms with E-state index < -0.39 is 17.8 Å². The van der Waals surface area contributed by atoms with Gasteiger partial charge in [0, 0.05) is 11.6 Å². The zero-order chi connectivity index (χ0) is 24.2. The van der Waals surface area contributed by atoms with E-state index in [4.69, 9.17) is 11.6 Å². The van der Waals surface area contributed by atoms with Gasteiger partial charge in [-0.2, -0.15) is 13.2 Å². The van der Waals surface area contributed by atoms with Gasteiger partial charge in [0.1, 0.15) is 17.0 Å². The summed E-state index contributed by atoms with van der Waals surface area (Å²) in [6, 6.07) is 10.6. The molecule has 2 atom stereocenters. The average Bonchev–Trinajstić information content (AvgIpc) is 3.48. The van der Waals surface area contributed by atoms with Crippen LogP contribution in [-0.2, 0) is 6.18 Å². The van der Waals surface area contributed by atoms with E-state index in [-0.39, 0.29) is 17.3 Å². The van der Waals surface area contributed by atoms with Crippen molar-refractivity contribution < 1.29 is 18.0 Å². The van der Waals surface area contributed by atoms with Gasteiger partial charge in [0.25, 0.3) is 5.91 Å². The van der Waals surface area contributed by atoms with Crippen molar-refractivity contribution in [3.8, 4) is 10.4 Å². The van der Waals surface area contributed by atoms with Crippen molar-refractivity contribution >= 4 is 39.9 Å². The van der Waals surface area contributed by atoms with E-state index in [1.54, 1.807) is 23.1 Å². The van der Waals surface area contributed by atoms with E-state index in [0.717, 1.165) is 21.5 Å². The molecule has 176 valence electrons. The fourth-order valence-corrected chi connectivity index (χ4v) is 5.56. The number of likely N-dealkylation sites (tertiary alicyclic amines) is 1. The first-order valence-corrected chi connectivity index (χ1v) is 11.9. The summed E-state index contributed by atoms with van der Waals surface area (Å²) < 4.78 is 40.5. The fourth-order valence-electron chi connectivity index (χ4n) is 4.52. The lowest BCUT2D eigenvalue weighted by Crippen LogP contribution is -2.33. The predicted octanol–water partition coefficient (Wildman–Crippen LogP) is 6.89. The van der Waals surface area contributed by atoms with Gasteiger partial charge in [-0.05, 0) is 49.1 Å². The Balaban J connectivity index is 1.55. The number of nitrogens with one attached hydrogen (secondary N) is 1. The highest BCUT2D eigenvalue weighted by Gasteiger charge is 2.40. The number of halogens is 4. The number of hydrogen-bond acceptors (Lipinski definition) is 4. The van der Waals surface area contributed by atoms with E-state index in [1.807, 2.05) is 26.0 Å². The van der Waals surface area contributed by atoms with Crippen molar-refractivity contribution in [2.24, 2.45) is 5.92 Å². The molecular formula is C24H20ClF3N4OS. The number of carbonyl (C=O) groups excluding carboxylic acids is 1. The predicted molar refractivity (Wildman–Crippen MR) is 126 cm³/mol. The van der Waals surface area contributed by atoms with E-state index >= 15 is 0 Å². The number of benzene rings is 2. The van der Waals surface area contributed by atoms with Crippen molar-refractivity contribution in [2.75, 3.05) is 6.54 Å². The van der Waals surface area contributed by atoms with Crippen molar-refractivity contribution in [3.05, 3.63) is 69.6 Å². The van der Waals surface area contributed by atoms with Gasteiger partial charge in [0.05, 0.1) is 27.0 Å². The molecule has 4 aromatic rings. The molecule has 0 saturated carbocycles. The van der Waals surface area contributed by atoms with Gasteiger partial charge in [-0.15, -0.1) is 11.3 Å². The van der Waals surface area contributed by atoms with Crippen LogP contribution in [0.25, 0.3) is 21.5 Å². The number of H-pyrrole nitrogens is 1. The van der Waals surface area contributed by atoms with E-state index in [9.17, 15) is 18.0 Å². The van der Waals surface area contributed by atoms with Crippen LogP contribution in [0.1, 0.15) is 46.3 Å². The number of amides is 1. The van der Waals surface area contributed by atoms with Crippen LogP contribution in [0.3, 0.4) is 0 Å². The Morgan fingerprint density at radius 1 is 1.18 bits per heavy atom. The molecule has 5 rings (SSSR count). The zero-order valence-electron chi connectivity index (χ0n) is 18.3. The lowest BCUT2D eigenvalue weighted by atomic mass is 10.0. The number of nitrogens with zero attached hydrogens (tertiary/aromatic N) is 3. The average molecular weight is 505 g/mol. The van der Waals surface area contributed by atoms with Gasteiger partial charge < -0.3 is 9.88 Å². The number of hydrogen-bond donors (Lipinski definition) is 1. The first kappa shape index (κ1) is 22.9. The van der Waals surface area contributed by atoms with Crippen LogP contribution in [0.5, 0.6) is 0 Å². The third-order valence-electron chi connectivity index (χ3n) is 6.12. The summed E-state index contributed by atoms with van der Waals surface area (Å²) in [5.41, 5.74) is 0.526. The highest BCUT2D eigenvalue weighted by molar-refractivity contribution is 7.15. The Bertz CT molecular complexity index is 1380. The van der Waals surface area contributed by atoms with Crippen LogP contribution in [0, 0.1) is 12.8 Å². The maximum absolute atomic E-state index is 13.7. The molecule has 1 N–H and O–H groups in total. The molecule has 1 aliphatic heterocycles. The number of alkyl halides is 3. The molecule has 1 fully saturated rings. The minimum atomic E-state index is -4.52. The van der Waals surface area contributed by atoms with Gasteiger partial charge in [0.15, 0.2) is 0 Å². The lowest BCUT2D eigenvalue weighted by Gasteiger charge is -2.25. The molecule has 34 heavy (non-hydrogen) atoms. The molecule has 1 amide bonds. The standard InChI is InChI=1S/C24H20ClF3N4OS/c1-12-10-11-32(20(12)22-30-17-5-3-4-16(18(17)31-22)24(26,27)28)23(33)19-21(34-13(2)29-19)14-6-8-15(25)9-7-14/h3-9,12,20H,10-11H2,1-2H3,(H,30,31)/t12-,20-/m0/s1. The Labute approximate surface area is 202 Å². The number of thiazole rings is 1. The fraction of sp³-hybridized carbons (Fsp3) is 0.292. The highest BCUT2D eigenvalue weighted by atomic mass is 35.5. The molecule has 10 heteroatoms. The summed E-state index contributed by atoms with van der Waals surface area (Å²) in [4.78, 5) is 28.0. The summed E-state index contributed by atoms with van der Waals surface area (Å²) in [5, 5.41) is 1.34. The van der Waals surface area contributed by atoms with Gasteiger partial charge in [-0.1, -0.05) is 36.7 Å². The van der Waals surface area contributed by atoms with Crippen molar-refractivity contribution in [1.82, 2.24) is 19.9 Å². The SMILES string of the molecule is Cc1nc(C(=O)N2CC[C@H](C)[C@H]2c2nc3c(C(F)(F)F)cccc3[nH]2)c(-c2ccc(Cl)cc2)s1. The van der Waals surface area contributed by atoms with Crippen LogP contribution in [0.15, 0.2) is 42.5 Å². The summed E-state index contributed by atoms with van der Waals surface area (Å²) in [5.74, 6) is 0.0998. The Morgan fingerprint density at radius 2 is 1.91 bits per heavy atom. The second kappa shape index (κ2) is 8.39. The molecule has 0 radical (unpaired) electrons. The van der Waals surface area contributed by atoms with Crippen LogP contribution in [0.2, 0.25) is 5.02 Å². The minimum Gasteiger partial charge on any atom is -0.340 e. The molecule has 2 aromatic heterocycles. The number of aromatic nitrogens is 3. The lowest BCUT2D eigenvalue weighted by molar-refractivity contribution is -0.136. The van der Waals surface area contributed by atoms with Crippen LogP contribution < -0.4 is 0 Å². The topological polar surface area (TPSA) is 61.9 Å². The quantitative estimate of drug-likeness (QED) is 0.330. The van der Waals surface area contributed by atoms with E-state index in [1.165, 1.54) is 17.4 Å². The number of para-hydroxylation sites is 1. The number of aryl methyl sites for hydroxylation is 1. The van der Waals surface area contributed by atoms with Crippen molar-refractivity contribution in [2.45, 2.75) is 32.5 Å². The van der Waals surface area contributed by atoms with Gasteiger partial charge >= 0.3 is 6.18 Å². The number of aromatic amines is 1. The molecule has 0 bridgehead atoms. The number of carbonyl (C=O) groups is 1. The van der Waals surface area contributed by atoms with Crippen molar-refractivity contribution in [3.63, 3.8) is 0 Å². The molecule has 3 heterocycles. The second-order valence-electron chi connectivity index (χ2n) is 8.45. The maximum Gasteiger partial charge on any atom is 0.418 e. The molecular weight excluding hydrogens is 485 g/mol. The van der Waals surface area contributed by atoms with Gasteiger partial charge in [0.2, 0.25) is 0 Å². The highest BCUT2D eigenvalue weighted by Crippen LogP contribution is 2.41. The smallest absolute Gasteiger partial charge is 0.340 e. The summed E-state index contributed by atoms with van der Waals surface area (Å²) >= 11 is 7.43. The van der Waals surface area contributed by atoms with E-state index in [0.29, 0.717) is 35.0 Å². The number of rotatable bonds is 3. The molecule has 1 saturated heterocycles. The Hall–Kier alpha value is -2.91. The van der Waals surface area contributed by atoms with Crippen molar-refractivity contribution in [1.29, 1.82) is 0 Å². The molecule has 0 unspecified atom stereocenters. The minimum absolute atomic E-state index is 0.0116. The second-order valence-corrected chi connectivity index (χ2v) is 10.1. The molecule has 5 nitrogen and oxygen atoms in total. The first-order valence-electron chi connectivity index (χ1n) is 10.7. The van der Waals surface area contributed by atoms with Crippen LogP contribution in [-0.4, -0.2) is 32.3 Å². The maximum atomic E-state index is 13.7. The van der Waals surface area contributed by atoms with Gasteiger partial charge in [-0.25, -0.2) is 9.97 Å². The zero-order valence-corrected chi connectivity index (χ0v) is 19.9. The summed E-state index contributed by atoms with van der Waals surface area (Å²) in [7, 11) is 0. The van der Waals surface area contributed by atoms with Crippen LogP contribution >= 0.6 is 22.9 Å². The molecule has 0 aliphatic carbocycles. The first-order chi connectivity index (χ1) is 16.1. The molecule has 1 aliphatic rings. The number of imidazole rings is 1. The Kier molecular flexibility index (Phi) is 5.64. The largest absolute Gasteiger partial charge is 0.418 e. The van der Waals surface area contributed by atoms with E-state index in [2.05, 4.69) is 15.0 Å². The third kappa shape index (κ3) is 3.96. The Morgan fingerprint density at radius 3 is 2.62 bits per heavy atom. The molecule has 0 spiro atoms. The third-order valence-corrected chi connectivity index (χ3v) is 7.39. The monoisotopic (exact) mass is 504 g/mol. The van der Waals surface area contributed by atoms with Gasteiger partial charge in [-0.3, -0.25) is 4.79 Å².